The summed E-state index contributed by atoms with van der Waals surface area (Å²) in [5.41, 5.74) is 2.20. The second-order valence-corrected chi connectivity index (χ2v) is 6.36. The van der Waals surface area contributed by atoms with Crippen molar-refractivity contribution in [3.05, 3.63) is 54.4 Å². The zero-order chi connectivity index (χ0) is 18.4. The van der Waals surface area contributed by atoms with Gasteiger partial charge in [0, 0.05) is 44.3 Å². The maximum absolute atomic E-state index is 12.6. The Hall–Kier alpha value is -2.76. The van der Waals surface area contributed by atoms with Gasteiger partial charge in [-0.15, -0.1) is 0 Å². The predicted octanol–water partition coefficient (Wildman–Crippen LogP) is 3.07. The Morgan fingerprint density at radius 1 is 1.19 bits per heavy atom. The summed E-state index contributed by atoms with van der Waals surface area (Å²) < 4.78 is 5.54. The fraction of sp³-hybridized carbons (Fsp3) is 0.400. The number of carbonyl (C=O) groups is 1. The van der Waals surface area contributed by atoms with Crippen LogP contribution in [0.2, 0.25) is 0 Å². The van der Waals surface area contributed by atoms with Crippen LogP contribution in [0.3, 0.4) is 0 Å². The van der Waals surface area contributed by atoms with E-state index < -0.39 is 0 Å². The molecule has 0 aliphatic carbocycles. The third-order valence-corrected chi connectivity index (χ3v) is 4.60. The van der Waals surface area contributed by atoms with Gasteiger partial charge in [0.15, 0.2) is 0 Å². The van der Waals surface area contributed by atoms with E-state index in [9.17, 15) is 4.79 Å². The summed E-state index contributed by atoms with van der Waals surface area (Å²) in [5, 5.41) is 3.09. The summed E-state index contributed by atoms with van der Waals surface area (Å²) in [7, 11) is 0. The van der Waals surface area contributed by atoms with Crippen LogP contribution in [0.15, 0.2) is 48.8 Å². The number of hydrogen-bond donors (Lipinski definition) is 1. The number of amides is 2. The Labute approximate surface area is 154 Å². The first-order chi connectivity index (χ1) is 12.7. The Morgan fingerprint density at radius 3 is 2.62 bits per heavy atom. The Kier molecular flexibility index (Phi) is 5.94. The molecule has 1 fully saturated rings. The molecule has 6 nitrogen and oxygen atoms in total. The summed E-state index contributed by atoms with van der Waals surface area (Å²) >= 11 is 0. The van der Waals surface area contributed by atoms with Gasteiger partial charge in [-0.3, -0.25) is 4.98 Å². The first-order valence-electron chi connectivity index (χ1n) is 9.10. The number of rotatable bonds is 5. The number of aromatic nitrogens is 1. The zero-order valence-electron chi connectivity index (χ0n) is 15.4. The first-order valence-corrected chi connectivity index (χ1v) is 9.10. The van der Waals surface area contributed by atoms with Crippen LogP contribution in [-0.2, 0) is 0 Å². The fourth-order valence-corrected chi connectivity index (χ4v) is 3.12. The van der Waals surface area contributed by atoms with Gasteiger partial charge in [-0.1, -0.05) is 12.1 Å². The van der Waals surface area contributed by atoms with Crippen LogP contribution in [0.1, 0.15) is 25.5 Å². The van der Waals surface area contributed by atoms with Crippen LogP contribution in [0, 0.1) is 0 Å². The van der Waals surface area contributed by atoms with E-state index in [2.05, 4.69) is 15.2 Å². The van der Waals surface area contributed by atoms with E-state index in [-0.39, 0.29) is 12.1 Å². The van der Waals surface area contributed by atoms with E-state index in [1.807, 2.05) is 55.1 Å². The van der Waals surface area contributed by atoms with E-state index in [0.717, 1.165) is 30.1 Å². The third kappa shape index (κ3) is 4.45. The molecule has 2 heterocycles. The molecule has 0 unspecified atom stereocenters. The molecule has 1 N–H and O–H groups in total. The molecule has 3 rings (SSSR count). The van der Waals surface area contributed by atoms with Gasteiger partial charge in [0.25, 0.3) is 0 Å². The van der Waals surface area contributed by atoms with E-state index in [4.69, 9.17) is 4.74 Å². The third-order valence-electron chi connectivity index (χ3n) is 4.60. The Morgan fingerprint density at radius 2 is 1.92 bits per heavy atom. The minimum Gasteiger partial charge on any atom is -0.494 e. The summed E-state index contributed by atoms with van der Waals surface area (Å²) in [4.78, 5) is 20.8. The molecule has 2 amide bonds. The highest BCUT2D eigenvalue weighted by Crippen LogP contribution is 2.20. The van der Waals surface area contributed by atoms with Crippen molar-refractivity contribution in [3.63, 3.8) is 0 Å². The highest BCUT2D eigenvalue weighted by Gasteiger charge is 2.22. The molecule has 6 heteroatoms. The molecular formula is C20H26N4O2. The highest BCUT2D eigenvalue weighted by atomic mass is 16.5. The summed E-state index contributed by atoms with van der Waals surface area (Å²) in [6, 6.07) is 11.8. The topological polar surface area (TPSA) is 57.7 Å². The molecule has 1 saturated heterocycles. The van der Waals surface area contributed by atoms with Crippen molar-refractivity contribution in [2.75, 3.05) is 37.7 Å². The molecule has 0 radical (unpaired) electrons. The number of nitrogens with zero attached hydrogens (tertiary/aromatic N) is 3. The van der Waals surface area contributed by atoms with E-state index >= 15 is 0 Å². The van der Waals surface area contributed by atoms with Crippen LogP contribution in [0.4, 0.5) is 10.5 Å². The average Bonchev–Trinajstić information content (AvgIpc) is 2.69. The minimum atomic E-state index is -0.0684. The number of carbonyl (C=O) groups excluding carboxylic acids is 1. The Balaban J connectivity index is 1.53. The number of pyridine rings is 1. The molecule has 1 aromatic heterocycles. The molecule has 1 aliphatic heterocycles. The molecule has 0 spiro atoms. The van der Waals surface area contributed by atoms with Crippen molar-refractivity contribution in [2.45, 2.75) is 19.9 Å². The molecule has 1 aromatic carbocycles. The zero-order valence-corrected chi connectivity index (χ0v) is 15.4. The van der Waals surface area contributed by atoms with Gasteiger partial charge in [0.05, 0.1) is 12.6 Å². The SMILES string of the molecule is CCOc1cccc([C@@H](C)NC(=O)N2CCN(c3ccncc3)CC2)c1. The maximum Gasteiger partial charge on any atom is 0.317 e. The highest BCUT2D eigenvalue weighted by molar-refractivity contribution is 5.75. The monoisotopic (exact) mass is 354 g/mol. The minimum absolute atomic E-state index is 0.0197. The van der Waals surface area contributed by atoms with Gasteiger partial charge in [-0.25, -0.2) is 4.79 Å². The van der Waals surface area contributed by atoms with Crippen LogP contribution in [0.5, 0.6) is 5.75 Å². The van der Waals surface area contributed by atoms with E-state index in [0.29, 0.717) is 19.7 Å². The normalized spacial score (nSPS) is 15.5. The first kappa shape index (κ1) is 18.0. The van der Waals surface area contributed by atoms with Crippen molar-refractivity contribution in [1.29, 1.82) is 0 Å². The second-order valence-electron chi connectivity index (χ2n) is 6.36. The molecule has 1 aliphatic rings. The van der Waals surface area contributed by atoms with Crippen LogP contribution in [0.25, 0.3) is 0 Å². The molecule has 138 valence electrons. The van der Waals surface area contributed by atoms with Gasteiger partial charge >= 0.3 is 6.03 Å². The van der Waals surface area contributed by atoms with Gasteiger partial charge in [0.1, 0.15) is 5.75 Å². The van der Waals surface area contributed by atoms with Crippen molar-refractivity contribution in [3.8, 4) is 5.75 Å². The standard InChI is InChI=1S/C20H26N4O2/c1-3-26-19-6-4-5-17(15-19)16(2)22-20(25)24-13-11-23(12-14-24)18-7-9-21-10-8-18/h4-10,15-16H,3,11-14H2,1-2H3,(H,22,25)/t16-/m1/s1. The lowest BCUT2D eigenvalue weighted by Gasteiger charge is -2.36. The van der Waals surface area contributed by atoms with Crippen molar-refractivity contribution in [1.82, 2.24) is 15.2 Å². The quantitative estimate of drug-likeness (QED) is 0.896. The lowest BCUT2D eigenvalue weighted by molar-refractivity contribution is 0.191. The maximum atomic E-state index is 12.6. The van der Waals surface area contributed by atoms with Crippen LogP contribution >= 0.6 is 0 Å². The molecule has 0 bridgehead atoms. The number of anilines is 1. The lowest BCUT2D eigenvalue weighted by atomic mass is 10.1. The van der Waals surface area contributed by atoms with Crippen molar-refractivity contribution in [2.24, 2.45) is 0 Å². The van der Waals surface area contributed by atoms with E-state index in [1.54, 1.807) is 12.4 Å². The van der Waals surface area contributed by atoms with Crippen LogP contribution < -0.4 is 15.0 Å². The van der Waals surface area contributed by atoms with Gasteiger partial charge in [0.2, 0.25) is 0 Å². The molecular weight excluding hydrogens is 328 g/mol. The second kappa shape index (κ2) is 8.56. The number of hydrogen-bond acceptors (Lipinski definition) is 4. The molecule has 1 atom stereocenters. The van der Waals surface area contributed by atoms with E-state index in [1.165, 1.54) is 0 Å². The number of urea groups is 1. The number of ether oxygens (including phenoxy) is 1. The van der Waals surface area contributed by atoms with Crippen molar-refractivity contribution < 1.29 is 9.53 Å². The summed E-state index contributed by atoms with van der Waals surface area (Å²) in [6.45, 7) is 7.66. The molecule has 26 heavy (non-hydrogen) atoms. The molecule has 2 aromatic rings. The number of piperazine rings is 1. The average molecular weight is 354 g/mol. The smallest absolute Gasteiger partial charge is 0.317 e. The summed E-state index contributed by atoms with van der Waals surface area (Å²) in [5.74, 6) is 0.831. The predicted molar refractivity (Wildman–Crippen MR) is 103 cm³/mol. The number of benzene rings is 1. The van der Waals surface area contributed by atoms with Gasteiger partial charge in [-0.2, -0.15) is 0 Å². The Bertz CT molecular complexity index is 715. The fourth-order valence-electron chi connectivity index (χ4n) is 3.12. The number of nitrogens with one attached hydrogen (secondary N) is 1. The molecule has 0 saturated carbocycles. The summed E-state index contributed by atoms with van der Waals surface area (Å²) in [6.07, 6.45) is 3.60. The van der Waals surface area contributed by atoms with Crippen LogP contribution in [-0.4, -0.2) is 48.7 Å². The van der Waals surface area contributed by atoms with Gasteiger partial charge < -0.3 is 19.9 Å². The van der Waals surface area contributed by atoms with Gasteiger partial charge in [-0.05, 0) is 43.7 Å². The van der Waals surface area contributed by atoms with Crippen molar-refractivity contribution >= 4 is 11.7 Å². The lowest BCUT2D eigenvalue weighted by Crippen LogP contribution is -2.52. The largest absolute Gasteiger partial charge is 0.494 e.